The Morgan fingerprint density at radius 1 is 1.32 bits per heavy atom. The first-order valence-corrected chi connectivity index (χ1v) is 8.72. The van der Waals surface area contributed by atoms with E-state index in [1.807, 2.05) is 4.90 Å². The van der Waals surface area contributed by atoms with Crippen molar-refractivity contribution in [1.29, 1.82) is 0 Å². The zero-order valence-electron chi connectivity index (χ0n) is 14.1. The number of likely N-dealkylation sites (tertiary alicyclic amines) is 1. The molecule has 2 heterocycles. The van der Waals surface area contributed by atoms with Crippen molar-refractivity contribution < 1.29 is 9.53 Å². The van der Waals surface area contributed by atoms with Crippen LogP contribution in [0.1, 0.15) is 24.5 Å². The third-order valence-corrected chi connectivity index (χ3v) is 4.46. The van der Waals surface area contributed by atoms with E-state index < -0.39 is 0 Å². The van der Waals surface area contributed by atoms with E-state index in [4.69, 9.17) is 16.3 Å². The molecule has 1 fully saturated rings. The predicted molar refractivity (Wildman–Crippen MR) is 96.0 cm³/mol. The predicted octanol–water partition coefficient (Wildman–Crippen LogP) is 2.85. The number of carbonyl (C=O) groups excluding carboxylic acids is 1. The summed E-state index contributed by atoms with van der Waals surface area (Å²) >= 11 is 5.91. The van der Waals surface area contributed by atoms with Crippen LogP contribution in [0.15, 0.2) is 36.7 Å². The molecule has 2 aromatic rings. The Morgan fingerprint density at radius 3 is 2.84 bits per heavy atom. The van der Waals surface area contributed by atoms with Gasteiger partial charge in [-0.1, -0.05) is 11.6 Å². The number of rotatable bonds is 5. The molecule has 1 atom stereocenters. The highest BCUT2D eigenvalue weighted by molar-refractivity contribution is 6.30. The zero-order valence-corrected chi connectivity index (χ0v) is 14.9. The van der Waals surface area contributed by atoms with Crippen LogP contribution in [0.25, 0.3) is 0 Å². The third-order valence-electron chi connectivity index (χ3n) is 4.21. The number of ether oxygens (including phenoxy) is 1. The van der Waals surface area contributed by atoms with Gasteiger partial charge >= 0.3 is 0 Å². The molecule has 1 aromatic carbocycles. The number of likely N-dealkylation sites (N-methyl/N-ethyl adjacent to an activating group) is 1. The number of amides is 1. The molecule has 25 heavy (non-hydrogen) atoms. The van der Waals surface area contributed by atoms with Crippen molar-refractivity contribution in [2.45, 2.75) is 18.8 Å². The Hall–Kier alpha value is -2.18. The second-order valence-electron chi connectivity index (χ2n) is 6.01. The molecule has 1 unspecified atom stereocenters. The zero-order chi connectivity index (χ0) is 17.6. The van der Waals surface area contributed by atoms with Crippen molar-refractivity contribution in [3.8, 4) is 11.6 Å². The molecular formula is C18H21ClN4O2. The molecule has 0 radical (unpaired) electrons. The monoisotopic (exact) mass is 360 g/mol. The minimum Gasteiger partial charge on any atom is -0.437 e. The highest BCUT2D eigenvalue weighted by atomic mass is 35.5. The lowest BCUT2D eigenvalue weighted by Gasteiger charge is -2.32. The molecule has 0 saturated carbocycles. The van der Waals surface area contributed by atoms with Gasteiger partial charge in [-0.15, -0.1) is 0 Å². The van der Waals surface area contributed by atoms with Crippen LogP contribution in [0.3, 0.4) is 0 Å². The van der Waals surface area contributed by atoms with Crippen molar-refractivity contribution >= 4 is 17.5 Å². The van der Waals surface area contributed by atoms with E-state index in [1.54, 1.807) is 43.7 Å². The maximum atomic E-state index is 12.2. The number of hydrogen-bond donors (Lipinski definition) is 1. The van der Waals surface area contributed by atoms with E-state index in [0.29, 0.717) is 29.7 Å². The molecule has 7 heteroatoms. The van der Waals surface area contributed by atoms with Crippen molar-refractivity contribution in [2.75, 3.05) is 26.7 Å². The lowest BCUT2D eigenvalue weighted by atomic mass is 9.94. The van der Waals surface area contributed by atoms with Gasteiger partial charge in [0.15, 0.2) is 0 Å². The van der Waals surface area contributed by atoms with Crippen molar-refractivity contribution in [3.05, 3.63) is 47.4 Å². The van der Waals surface area contributed by atoms with E-state index in [2.05, 4.69) is 15.3 Å². The van der Waals surface area contributed by atoms with Crippen molar-refractivity contribution in [1.82, 2.24) is 20.2 Å². The maximum Gasteiger partial charge on any atom is 0.241 e. The van der Waals surface area contributed by atoms with Crippen LogP contribution in [-0.4, -0.2) is 47.5 Å². The van der Waals surface area contributed by atoms with Gasteiger partial charge in [-0.25, -0.2) is 4.98 Å². The van der Waals surface area contributed by atoms with Crippen LogP contribution in [0.5, 0.6) is 11.6 Å². The number of halogens is 1. The summed E-state index contributed by atoms with van der Waals surface area (Å²) < 4.78 is 5.91. The highest BCUT2D eigenvalue weighted by Gasteiger charge is 2.28. The van der Waals surface area contributed by atoms with E-state index in [1.165, 1.54) is 0 Å². The Balaban J connectivity index is 1.77. The first-order chi connectivity index (χ1) is 12.2. The van der Waals surface area contributed by atoms with Crippen LogP contribution in [-0.2, 0) is 4.79 Å². The fourth-order valence-corrected chi connectivity index (χ4v) is 3.12. The van der Waals surface area contributed by atoms with E-state index in [-0.39, 0.29) is 11.8 Å². The number of nitrogens with zero attached hydrogens (tertiary/aromatic N) is 3. The molecule has 1 saturated heterocycles. The minimum atomic E-state index is 0.108. The Morgan fingerprint density at radius 2 is 2.08 bits per heavy atom. The lowest BCUT2D eigenvalue weighted by molar-refractivity contribution is -0.131. The summed E-state index contributed by atoms with van der Waals surface area (Å²) in [6.45, 7) is 1.77. The number of aromatic nitrogens is 2. The average molecular weight is 361 g/mol. The molecular weight excluding hydrogens is 340 g/mol. The highest BCUT2D eigenvalue weighted by Crippen LogP contribution is 2.32. The standard InChI is InChI=1S/C18H21ClN4O2/c1-20-11-16(24)23-10-2-3-13(12-23)17-18(22-9-8-21-17)25-15-6-4-14(19)5-7-15/h4-9,13,20H,2-3,10-12H2,1H3. The molecule has 1 amide bonds. The van der Waals surface area contributed by atoms with Gasteiger partial charge in [-0.3, -0.25) is 9.78 Å². The second-order valence-corrected chi connectivity index (χ2v) is 6.45. The van der Waals surface area contributed by atoms with Crippen LogP contribution in [0.2, 0.25) is 5.02 Å². The second kappa shape index (κ2) is 8.27. The molecule has 132 valence electrons. The SMILES string of the molecule is CNCC(=O)N1CCCC(c2nccnc2Oc2ccc(Cl)cc2)C1. The minimum absolute atomic E-state index is 0.108. The maximum absolute atomic E-state index is 12.2. The quantitative estimate of drug-likeness (QED) is 0.888. The molecule has 0 spiro atoms. The summed E-state index contributed by atoms with van der Waals surface area (Å²) in [7, 11) is 1.78. The third kappa shape index (κ3) is 4.46. The summed E-state index contributed by atoms with van der Waals surface area (Å²) in [5.74, 6) is 1.37. The number of benzene rings is 1. The van der Waals surface area contributed by atoms with Gasteiger partial charge in [0.05, 0.1) is 6.54 Å². The number of nitrogens with one attached hydrogen (secondary N) is 1. The first-order valence-electron chi connectivity index (χ1n) is 8.34. The van der Waals surface area contributed by atoms with Crippen LogP contribution >= 0.6 is 11.6 Å². The topological polar surface area (TPSA) is 67.4 Å². The summed E-state index contributed by atoms with van der Waals surface area (Å²) in [6.07, 6.45) is 5.18. The summed E-state index contributed by atoms with van der Waals surface area (Å²) in [6, 6.07) is 7.13. The summed E-state index contributed by atoms with van der Waals surface area (Å²) in [5, 5.41) is 3.56. The molecule has 0 aliphatic carbocycles. The smallest absolute Gasteiger partial charge is 0.241 e. The Kier molecular flexibility index (Phi) is 5.83. The van der Waals surface area contributed by atoms with E-state index in [0.717, 1.165) is 25.1 Å². The summed E-state index contributed by atoms with van der Waals surface area (Å²) in [4.78, 5) is 22.9. The fourth-order valence-electron chi connectivity index (χ4n) is 3.00. The summed E-state index contributed by atoms with van der Waals surface area (Å²) in [5.41, 5.74) is 0.791. The molecule has 3 rings (SSSR count). The van der Waals surface area contributed by atoms with Gasteiger partial charge in [0.25, 0.3) is 0 Å². The van der Waals surface area contributed by atoms with Crippen LogP contribution in [0.4, 0.5) is 0 Å². The average Bonchev–Trinajstić information content (AvgIpc) is 2.64. The molecule has 1 aliphatic heterocycles. The van der Waals surface area contributed by atoms with Crippen LogP contribution < -0.4 is 10.1 Å². The molecule has 6 nitrogen and oxygen atoms in total. The lowest BCUT2D eigenvalue weighted by Crippen LogP contribution is -2.43. The van der Waals surface area contributed by atoms with E-state index >= 15 is 0 Å². The number of hydrogen-bond acceptors (Lipinski definition) is 5. The van der Waals surface area contributed by atoms with Gasteiger partial charge in [-0.05, 0) is 44.2 Å². The Labute approximate surface area is 152 Å². The first kappa shape index (κ1) is 17.6. The normalized spacial score (nSPS) is 17.4. The van der Waals surface area contributed by atoms with Gasteiger partial charge in [0, 0.05) is 36.4 Å². The van der Waals surface area contributed by atoms with E-state index in [9.17, 15) is 4.79 Å². The fraction of sp³-hybridized carbons (Fsp3) is 0.389. The molecule has 1 aliphatic rings. The number of carbonyl (C=O) groups is 1. The van der Waals surface area contributed by atoms with Gasteiger partial charge in [0.1, 0.15) is 11.4 Å². The van der Waals surface area contributed by atoms with Gasteiger partial charge in [0.2, 0.25) is 11.8 Å². The van der Waals surface area contributed by atoms with Gasteiger partial charge < -0.3 is 15.0 Å². The Bertz CT molecular complexity index is 723. The van der Waals surface area contributed by atoms with Crippen molar-refractivity contribution in [3.63, 3.8) is 0 Å². The number of piperidine rings is 1. The van der Waals surface area contributed by atoms with Crippen LogP contribution in [0, 0.1) is 0 Å². The van der Waals surface area contributed by atoms with Gasteiger partial charge in [-0.2, -0.15) is 0 Å². The molecule has 1 aromatic heterocycles. The molecule has 1 N–H and O–H groups in total. The largest absolute Gasteiger partial charge is 0.437 e. The van der Waals surface area contributed by atoms with Crippen molar-refractivity contribution in [2.24, 2.45) is 0 Å². The molecule has 0 bridgehead atoms.